The zero-order valence-electron chi connectivity index (χ0n) is 14.9. The van der Waals surface area contributed by atoms with Crippen LogP contribution in [0.1, 0.15) is 25.3 Å². The molecule has 2 aromatic rings. The van der Waals surface area contributed by atoms with Crippen molar-refractivity contribution in [3.05, 3.63) is 48.0 Å². The second-order valence-corrected chi connectivity index (χ2v) is 6.27. The maximum absolute atomic E-state index is 12.1. The fourth-order valence-corrected chi connectivity index (χ4v) is 2.57. The average Bonchev–Trinajstić information content (AvgIpc) is 2.61. The van der Waals surface area contributed by atoms with E-state index in [1.807, 2.05) is 31.2 Å². The summed E-state index contributed by atoms with van der Waals surface area (Å²) in [6.07, 6.45) is 0.446. The van der Waals surface area contributed by atoms with Crippen LogP contribution in [0, 0.1) is 6.92 Å². The van der Waals surface area contributed by atoms with Gasteiger partial charge in [0, 0.05) is 12.1 Å². The van der Waals surface area contributed by atoms with Crippen LogP contribution in [-0.2, 0) is 9.59 Å². The fraction of sp³-hybridized carbons (Fsp3) is 0.300. The van der Waals surface area contributed by atoms with E-state index in [9.17, 15) is 9.59 Å². The van der Waals surface area contributed by atoms with Gasteiger partial charge in [0.1, 0.15) is 11.5 Å². The highest BCUT2D eigenvalue weighted by Crippen LogP contribution is 2.32. The van der Waals surface area contributed by atoms with Crippen LogP contribution >= 0.6 is 0 Å². The van der Waals surface area contributed by atoms with E-state index in [1.54, 1.807) is 25.1 Å². The standard InChI is InChI=1S/C20H22N2O4/c1-13-5-8-16(9-6-13)25-11-3-4-19(23)21-15-7-10-18-17(12-15)22-20(24)14(2)26-18/h5-10,12,14H,3-4,11H2,1-2H3,(H,21,23)(H,22,24)/t14-/m0/s1. The van der Waals surface area contributed by atoms with Gasteiger partial charge in [0.05, 0.1) is 12.3 Å². The largest absolute Gasteiger partial charge is 0.494 e. The van der Waals surface area contributed by atoms with Gasteiger partial charge in [-0.3, -0.25) is 9.59 Å². The highest BCUT2D eigenvalue weighted by Gasteiger charge is 2.23. The molecule has 0 aromatic heterocycles. The summed E-state index contributed by atoms with van der Waals surface area (Å²) in [6, 6.07) is 13.0. The summed E-state index contributed by atoms with van der Waals surface area (Å²) in [5, 5.41) is 5.59. The van der Waals surface area contributed by atoms with Crippen LogP contribution < -0.4 is 20.1 Å². The van der Waals surface area contributed by atoms with E-state index in [1.165, 1.54) is 5.56 Å². The van der Waals surface area contributed by atoms with Crippen LogP contribution in [0.5, 0.6) is 11.5 Å². The quantitative estimate of drug-likeness (QED) is 0.778. The van der Waals surface area contributed by atoms with Gasteiger partial charge in [-0.25, -0.2) is 0 Å². The smallest absolute Gasteiger partial charge is 0.265 e. The molecule has 1 heterocycles. The first-order chi connectivity index (χ1) is 12.5. The number of benzene rings is 2. The zero-order valence-corrected chi connectivity index (χ0v) is 14.9. The molecule has 0 unspecified atom stereocenters. The van der Waals surface area contributed by atoms with Gasteiger partial charge >= 0.3 is 0 Å². The van der Waals surface area contributed by atoms with E-state index in [-0.39, 0.29) is 11.8 Å². The molecule has 136 valence electrons. The average molecular weight is 354 g/mol. The van der Waals surface area contributed by atoms with Gasteiger partial charge in [0.2, 0.25) is 5.91 Å². The van der Waals surface area contributed by atoms with Gasteiger partial charge in [0.25, 0.3) is 5.91 Å². The third-order valence-electron chi connectivity index (χ3n) is 4.03. The van der Waals surface area contributed by atoms with Crippen molar-refractivity contribution in [3.8, 4) is 11.5 Å². The van der Waals surface area contributed by atoms with Crippen LogP contribution in [0.25, 0.3) is 0 Å². The van der Waals surface area contributed by atoms with Crippen molar-refractivity contribution in [3.63, 3.8) is 0 Å². The number of amides is 2. The van der Waals surface area contributed by atoms with E-state index < -0.39 is 6.10 Å². The summed E-state index contributed by atoms with van der Waals surface area (Å²) >= 11 is 0. The maximum atomic E-state index is 12.1. The van der Waals surface area contributed by atoms with Crippen LogP contribution in [0.4, 0.5) is 11.4 Å². The summed E-state index contributed by atoms with van der Waals surface area (Å²) < 4.78 is 11.1. The molecule has 6 nitrogen and oxygen atoms in total. The van der Waals surface area contributed by atoms with Gasteiger partial charge in [-0.05, 0) is 50.6 Å². The molecular weight excluding hydrogens is 332 g/mol. The van der Waals surface area contributed by atoms with Crippen molar-refractivity contribution < 1.29 is 19.1 Å². The number of nitrogens with one attached hydrogen (secondary N) is 2. The number of carbonyl (C=O) groups excluding carboxylic acids is 2. The first-order valence-corrected chi connectivity index (χ1v) is 8.62. The SMILES string of the molecule is Cc1ccc(OCCCC(=O)Nc2ccc3c(c2)NC(=O)[C@H](C)O3)cc1. The second-order valence-electron chi connectivity index (χ2n) is 6.27. The van der Waals surface area contributed by atoms with Crippen LogP contribution in [0.3, 0.4) is 0 Å². The van der Waals surface area contributed by atoms with Gasteiger partial charge in [-0.15, -0.1) is 0 Å². The Morgan fingerprint density at radius 2 is 2.00 bits per heavy atom. The molecule has 3 rings (SSSR count). The first-order valence-electron chi connectivity index (χ1n) is 8.62. The van der Waals surface area contributed by atoms with Crippen molar-refractivity contribution in [2.24, 2.45) is 0 Å². The van der Waals surface area contributed by atoms with Gasteiger partial charge in [-0.2, -0.15) is 0 Å². The molecule has 0 aliphatic carbocycles. The predicted octanol–water partition coefficient (Wildman–Crippen LogP) is 3.51. The predicted molar refractivity (Wildman–Crippen MR) is 99.7 cm³/mol. The lowest BCUT2D eigenvalue weighted by Crippen LogP contribution is -2.34. The van der Waals surface area contributed by atoms with Crippen molar-refractivity contribution in [1.82, 2.24) is 0 Å². The summed E-state index contributed by atoms with van der Waals surface area (Å²) in [4.78, 5) is 23.7. The molecule has 0 fully saturated rings. The molecule has 0 bridgehead atoms. The van der Waals surface area contributed by atoms with Crippen molar-refractivity contribution in [2.45, 2.75) is 32.8 Å². The molecule has 26 heavy (non-hydrogen) atoms. The van der Waals surface area contributed by atoms with E-state index in [4.69, 9.17) is 9.47 Å². The second kappa shape index (κ2) is 7.91. The molecule has 0 saturated heterocycles. The molecule has 1 aliphatic rings. The molecule has 1 aliphatic heterocycles. The number of carbonyl (C=O) groups is 2. The molecule has 0 radical (unpaired) electrons. The van der Waals surface area contributed by atoms with Gasteiger partial charge < -0.3 is 20.1 Å². The Hall–Kier alpha value is -3.02. The van der Waals surface area contributed by atoms with Gasteiger partial charge in [0.15, 0.2) is 6.10 Å². The van der Waals surface area contributed by atoms with E-state index >= 15 is 0 Å². The van der Waals surface area contributed by atoms with E-state index in [0.29, 0.717) is 36.6 Å². The Morgan fingerprint density at radius 3 is 2.77 bits per heavy atom. The zero-order chi connectivity index (χ0) is 18.5. The lowest BCUT2D eigenvalue weighted by Gasteiger charge is -2.23. The van der Waals surface area contributed by atoms with Crippen LogP contribution in [0.2, 0.25) is 0 Å². The Morgan fingerprint density at radius 1 is 1.23 bits per heavy atom. The minimum absolute atomic E-state index is 0.103. The van der Waals surface area contributed by atoms with Crippen LogP contribution in [0.15, 0.2) is 42.5 Å². The lowest BCUT2D eigenvalue weighted by molar-refractivity contribution is -0.122. The highest BCUT2D eigenvalue weighted by molar-refractivity contribution is 5.99. The van der Waals surface area contributed by atoms with E-state index in [2.05, 4.69) is 10.6 Å². The lowest BCUT2D eigenvalue weighted by atomic mass is 10.2. The first kappa shape index (κ1) is 17.8. The third kappa shape index (κ3) is 4.53. The molecule has 6 heteroatoms. The number of fused-ring (bicyclic) bond motifs is 1. The van der Waals surface area contributed by atoms with Crippen molar-refractivity contribution in [1.29, 1.82) is 0 Å². The Balaban J connectivity index is 1.45. The van der Waals surface area contributed by atoms with Crippen molar-refractivity contribution >= 4 is 23.2 Å². The number of hydrogen-bond acceptors (Lipinski definition) is 4. The number of rotatable bonds is 6. The summed E-state index contributed by atoms with van der Waals surface area (Å²) in [5.41, 5.74) is 2.36. The topological polar surface area (TPSA) is 76.7 Å². The highest BCUT2D eigenvalue weighted by atomic mass is 16.5. The Kier molecular flexibility index (Phi) is 5.41. The third-order valence-corrected chi connectivity index (χ3v) is 4.03. The molecule has 0 saturated carbocycles. The summed E-state index contributed by atoms with van der Waals surface area (Å²) in [5.74, 6) is 1.10. The van der Waals surface area contributed by atoms with E-state index in [0.717, 1.165) is 5.75 Å². The van der Waals surface area contributed by atoms with Crippen LogP contribution in [-0.4, -0.2) is 24.5 Å². The molecular formula is C20H22N2O4. The molecule has 2 aromatic carbocycles. The summed E-state index contributed by atoms with van der Waals surface area (Å²) in [7, 11) is 0. The molecule has 2 amide bonds. The normalized spacial score (nSPS) is 15.5. The van der Waals surface area contributed by atoms with Crippen molar-refractivity contribution in [2.75, 3.05) is 17.2 Å². The number of ether oxygens (including phenoxy) is 2. The minimum atomic E-state index is -0.517. The maximum Gasteiger partial charge on any atom is 0.265 e. The molecule has 2 N–H and O–H groups in total. The van der Waals surface area contributed by atoms with Gasteiger partial charge in [-0.1, -0.05) is 17.7 Å². The number of hydrogen-bond donors (Lipinski definition) is 2. The Labute approximate surface area is 152 Å². The molecule has 1 atom stereocenters. The summed E-state index contributed by atoms with van der Waals surface area (Å²) in [6.45, 7) is 4.18. The number of aryl methyl sites for hydroxylation is 1. The minimum Gasteiger partial charge on any atom is -0.494 e. The monoisotopic (exact) mass is 354 g/mol. The molecule has 0 spiro atoms. The number of anilines is 2. The Bertz CT molecular complexity index is 802. The fourth-order valence-electron chi connectivity index (χ4n) is 2.57.